The highest BCUT2D eigenvalue weighted by atomic mass is 32.2. The summed E-state index contributed by atoms with van der Waals surface area (Å²) in [5.41, 5.74) is 0.526. The van der Waals surface area contributed by atoms with Gasteiger partial charge in [0.15, 0.2) is 21.2 Å². The number of carbonyl (C=O) groups is 2. The van der Waals surface area contributed by atoms with Crippen molar-refractivity contribution in [3.05, 3.63) is 24.3 Å². The number of aliphatic carboxylic acids is 1. The fourth-order valence-corrected chi connectivity index (χ4v) is 4.51. The van der Waals surface area contributed by atoms with Gasteiger partial charge in [0.05, 0.1) is 0 Å². The van der Waals surface area contributed by atoms with Crippen LogP contribution >= 0.6 is 0 Å². The Morgan fingerprint density at radius 3 is 2.21 bits per heavy atom. The van der Waals surface area contributed by atoms with Gasteiger partial charge in [0.2, 0.25) is 5.91 Å². The van der Waals surface area contributed by atoms with E-state index >= 15 is 0 Å². The van der Waals surface area contributed by atoms with Crippen LogP contribution in [0.15, 0.2) is 24.3 Å². The first-order valence-electron chi connectivity index (χ1n) is 7.60. The van der Waals surface area contributed by atoms with Crippen LogP contribution in [0.5, 0.6) is 5.75 Å². The molecule has 0 bridgehead atoms. The van der Waals surface area contributed by atoms with Gasteiger partial charge in [-0.05, 0) is 37.1 Å². The molecule has 1 N–H and O–H groups in total. The molecule has 0 saturated heterocycles. The summed E-state index contributed by atoms with van der Waals surface area (Å²) in [7, 11) is -1.98. The average molecular weight is 355 g/mol. The maximum absolute atomic E-state index is 12.9. The molecule has 0 unspecified atom stereocenters. The Hall–Kier alpha value is -2.09. The van der Waals surface area contributed by atoms with E-state index in [2.05, 4.69) is 0 Å². The fourth-order valence-electron chi connectivity index (χ4n) is 3.02. The lowest BCUT2D eigenvalue weighted by atomic mass is 10.1. The van der Waals surface area contributed by atoms with E-state index < -0.39 is 33.1 Å². The summed E-state index contributed by atoms with van der Waals surface area (Å²) >= 11 is 0. The minimum atomic E-state index is -3.52. The largest absolute Gasteiger partial charge is 0.482 e. The Bertz CT molecular complexity index is 719. The quantitative estimate of drug-likeness (QED) is 0.829. The molecule has 1 aromatic carbocycles. The molecule has 0 heterocycles. The molecule has 2 rings (SSSR count). The predicted molar refractivity (Wildman–Crippen MR) is 89.0 cm³/mol. The average Bonchev–Trinajstić information content (AvgIpc) is 3.03. The summed E-state index contributed by atoms with van der Waals surface area (Å²) in [6, 6.07) is 6.29. The van der Waals surface area contributed by atoms with Crippen molar-refractivity contribution >= 4 is 27.4 Å². The number of ether oxygens (including phenoxy) is 1. The zero-order chi connectivity index (χ0) is 18.0. The number of sulfone groups is 1. The van der Waals surface area contributed by atoms with Gasteiger partial charge in [-0.25, -0.2) is 13.2 Å². The van der Waals surface area contributed by atoms with E-state index in [9.17, 15) is 18.0 Å². The molecule has 1 aromatic rings. The molecule has 0 spiro atoms. The first-order valence-corrected chi connectivity index (χ1v) is 9.49. The van der Waals surface area contributed by atoms with Crippen LogP contribution in [0.1, 0.15) is 25.7 Å². The normalized spacial score (nSPS) is 16.6. The van der Waals surface area contributed by atoms with E-state index in [0.29, 0.717) is 37.1 Å². The third kappa shape index (κ3) is 3.53. The molecule has 0 aromatic heterocycles. The summed E-state index contributed by atoms with van der Waals surface area (Å²) in [5.74, 6) is -1.15. The van der Waals surface area contributed by atoms with Gasteiger partial charge in [0, 0.05) is 19.0 Å². The minimum absolute atomic E-state index is 0.342. The molecule has 8 heteroatoms. The lowest BCUT2D eigenvalue weighted by Crippen LogP contribution is -2.51. The zero-order valence-corrected chi connectivity index (χ0v) is 14.5. The fraction of sp³-hybridized carbons (Fsp3) is 0.500. The van der Waals surface area contributed by atoms with Crippen LogP contribution < -0.4 is 9.64 Å². The monoisotopic (exact) mass is 355 g/mol. The molecule has 0 radical (unpaired) electrons. The SMILES string of the molecule is CN(C(=O)C1(S(C)(=O)=O)CCCC1)c1ccc(OCC(=O)O)cc1. The van der Waals surface area contributed by atoms with Crippen molar-refractivity contribution in [3.8, 4) is 5.75 Å². The van der Waals surface area contributed by atoms with E-state index in [1.807, 2.05) is 0 Å². The predicted octanol–water partition coefficient (Wildman–Crippen LogP) is 1.47. The number of carboxylic acid groups (broad SMARTS) is 1. The van der Waals surface area contributed by atoms with Gasteiger partial charge in [-0.15, -0.1) is 0 Å². The third-order valence-electron chi connectivity index (χ3n) is 4.40. The lowest BCUT2D eigenvalue weighted by Gasteiger charge is -2.30. The maximum Gasteiger partial charge on any atom is 0.341 e. The van der Waals surface area contributed by atoms with Crippen LogP contribution in [0.4, 0.5) is 5.69 Å². The van der Waals surface area contributed by atoms with Gasteiger partial charge in [-0.1, -0.05) is 12.8 Å². The molecule has 132 valence electrons. The molecule has 1 aliphatic rings. The number of benzene rings is 1. The van der Waals surface area contributed by atoms with Gasteiger partial charge < -0.3 is 14.7 Å². The highest BCUT2D eigenvalue weighted by Crippen LogP contribution is 2.38. The third-order valence-corrected chi connectivity index (χ3v) is 6.40. The van der Waals surface area contributed by atoms with E-state index in [0.717, 1.165) is 6.26 Å². The molecule has 1 fully saturated rings. The Labute approximate surface area is 141 Å². The van der Waals surface area contributed by atoms with Crippen LogP contribution in [-0.2, 0) is 19.4 Å². The Morgan fingerprint density at radius 1 is 1.21 bits per heavy atom. The van der Waals surface area contributed by atoms with Crippen LogP contribution in [-0.4, -0.2) is 50.1 Å². The first kappa shape index (κ1) is 18.3. The van der Waals surface area contributed by atoms with Crippen molar-refractivity contribution in [2.45, 2.75) is 30.4 Å². The molecule has 0 atom stereocenters. The van der Waals surface area contributed by atoms with Crippen LogP contribution in [0.3, 0.4) is 0 Å². The number of hydrogen-bond donors (Lipinski definition) is 1. The molecule has 24 heavy (non-hydrogen) atoms. The highest BCUT2D eigenvalue weighted by Gasteiger charge is 2.51. The van der Waals surface area contributed by atoms with Gasteiger partial charge in [-0.3, -0.25) is 4.79 Å². The van der Waals surface area contributed by atoms with Crippen LogP contribution in [0.25, 0.3) is 0 Å². The van der Waals surface area contributed by atoms with Crippen molar-refractivity contribution in [1.29, 1.82) is 0 Å². The van der Waals surface area contributed by atoms with E-state index in [4.69, 9.17) is 9.84 Å². The summed E-state index contributed by atoms with van der Waals surface area (Å²) < 4.78 is 28.1. The number of amides is 1. The van der Waals surface area contributed by atoms with E-state index in [1.54, 1.807) is 31.3 Å². The second-order valence-corrected chi connectivity index (χ2v) is 8.34. The van der Waals surface area contributed by atoms with Gasteiger partial charge in [0.25, 0.3) is 0 Å². The van der Waals surface area contributed by atoms with Crippen molar-refractivity contribution in [2.24, 2.45) is 0 Å². The summed E-state index contributed by atoms with van der Waals surface area (Å²) in [6.07, 6.45) is 3.24. The summed E-state index contributed by atoms with van der Waals surface area (Å²) in [6.45, 7) is -0.453. The number of nitrogens with zero attached hydrogens (tertiary/aromatic N) is 1. The lowest BCUT2D eigenvalue weighted by molar-refractivity contribution is -0.139. The Morgan fingerprint density at radius 2 is 1.75 bits per heavy atom. The van der Waals surface area contributed by atoms with Crippen LogP contribution in [0, 0.1) is 0 Å². The topological polar surface area (TPSA) is 101 Å². The molecule has 1 amide bonds. The van der Waals surface area contributed by atoms with Crippen molar-refractivity contribution in [3.63, 3.8) is 0 Å². The van der Waals surface area contributed by atoms with E-state index in [-0.39, 0.29) is 0 Å². The second kappa shape index (κ2) is 6.80. The van der Waals surface area contributed by atoms with Gasteiger partial charge >= 0.3 is 5.97 Å². The van der Waals surface area contributed by atoms with Gasteiger partial charge in [0.1, 0.15) is 5.75 Å². The number of hydrogen-bond acceptors (Lipinski definition) is 5. The van der Waals surface area contributed by atoms with Crippen molar-refractivity contribution in [1.82, 2.24) is 0 Å². The smallest absolute Gasteiger partial charge is 0.341 e. The van der Waals surface area contributed by atoms with Gasteiger partial charge in [-0.2, -0.15) is 0 Å². The molecule has 1 saturated carbocycles. The van der Waals surface area contributed by atoms with Crippen molar-refractivity contribution < 1.29 is 27.9 Å². The van der Waals surface area contributed by atoms with Crippen LogP contribution in [0.2, 0.25) is 0 Å². The zero-order valence-electron chi connectivity index (χ0n) is 13.7. The summed E-state index contributed by atoms with van der Waals surface area (Å²) in [5, 5.41) is 8.58. The number of carbonyl (C=O) groups excluding carboxylic acids is 1. The standard InChI is InChI=1S/C16H21NO6S/c1-17(12-5-7-13(8-6-12)23-11-14(18)19)15(20)16(24(2,21)22)9-3-4-10-16/h5-8H,3-4,9-11H2,1-2H3,(H,18,19). The molecular formula is C16H21NO6S. The highest BCUT2D eigenvalue weighted by molar-refractivity contribution is 7.92. The molecule has 0 aliphatic heterocycles. The number of carboxylic acids is 1. The Kier molecular flexibility index (Phi) is 5.17. The molecule has 7 nitrogen and oxygen atoms in total. The first-order chi connectivity index (χ1) is 11.2. The van der Waals surface area contributed by atoms with Crippen molar-refractivity contribution in [2.75, 3.05) is 24.8 Å². The Balaban J connectivity index is 2.20. The molecular weight excluding hydrogens is 334 g/mol. The maximum atomic E-state index is 12.9. The number of anilines is 1. The summed E-state index contributed by atoms with van der Waals surface area (Å²) in [4.78, 5) is 24.7. The molecule has 1 aliphatic carbocycles. The van der Waals surface area contributed by atoms with E-state index in [1.165, 1.54) is 4.90 Å². The minimum Gasteiger partial charge on any atom is -0.482 e. The number of rotatable bonds is 6. The second-order valence-electron chi connectivity index (χ2n) is 6.01.